The Labute approximate surface area is 89.3 Å². The fourth-order valence-corrected chi connectivity index (χ4v) is 1.98. The summed E-state index contributed by atoms with van der Waals surface area (Å²) in [6.07, 6.45) is 0. The van der Waals surface area contributed by atoms with Gasteiger partial charge >= 0.3 is 0 Å². The third-order valence-electron chi connectivity index (χ3n) is 2.83. The van der Waals surface area contributed by atoms with Crippen molar-refractivity contribution in [2.24, 2.45) is 0 Å². The average Bonchev–Trinajstić information content (AvgIpc) is 2.77. The highest BCUT2D eigenvalue weighted by atomic mass is 16.5. The van der Waals surface area contributed by atoms with E-state index < -0.39 is 0 Å². The summed E-state index contributed by atoms with van der Waals surface area (Å²) < 4.78 is 5.41. The minimum atomic E-state index is 0.760. The average molecular weight is 196 g/mol. The summed E-state index contributed by atoms with van der Waals surface area (Å²) >= 11 is 0. The van der Waals surface area contributed by atoms with E-state index in [0.29, 0.717) is 0 Å². The maximum absolute atomic E-state index is 5.41. The lowest BCUT2D eigenvalue weighted by Crippen LogP contribution is -1.84. The zero-order valence-corrected chi connectivity index (χ0v) is 8.44. The van der Waals surface area contributed by atoms with Gasteiger partial charge in [-0.2, -0.15) is 0 Å². The molecule has 2 aromatic rings. The van der Waals surface area contributed by atoms with E-state index in [1.807, 2.05) is 6.07 Å². The molecule has 0 saturated heterocycles. The highest BCUT2D eigenvalue weighted by Gasteiger charge is 2.11. The molecule has 0 atom stereocenters. The van der Waals surface area contributed by atoms with Crippen molar-refractivity contribution in [3.8, 4) is 11.1 Å². The van der Waals surface area contributed by atoms with Gasteiger partial charge in [-0.15, -0.1) is 0 Å². The van der Waals surface area contributed by atoms with E-state index in [9.17, 15) is 0 Å². The van der Waals surface area contributed by atoms with Crippen molar-refractivity contribution in [1.82, 2.24) is 0 Å². The summed E-state index contributed by atoms with van der Waals surface area (Å²) in [5.74, 6) is 0. The molecule has 74 valence electrons. The molecular formula is C14H12O. The number of benzene rings is 2. The zero-order chi connectivity index (χ0) is 10.1. The van der Waals surface area contributed by atoms with Crippen LogP contribution < -0.4 is 0 Å². The number of ether oxygens (including phenoxy) is 1. The number of fused-ring (bicyclic) bond motifs is 1. The predicted octanol–water partition coefficient (Wildman–Crippen LogP) is 3.38. The van der Waals surface area contributed by atoms with Crippen LogP contribution in [0.3, 0.4) is 0 Å². The second-order valence-corrected chi connectivity index (χ2v) is 3.84. The van der Waals surface area contributed by atoms with Crippen LogP contribution in [0.2, 0.25) is 0 Å². The van der Waals surface area contributed by atoms with Gasteiger partial charge in [-0.25, -0.2) is 0 Å². The molecule has 0 N–H and O–H groups in total. The molecule has 1 aliphatic rings. The molecule has 0 aromatic heterocycles. The van der Waals surface area contributed by atoms with Crippen molar-refractivity contribution in [2.45, 2.75) is 13.2 Å². The summed E-state index contributed by atoms with van der Waals surface area (Å²) in [5.41, 5.74) is 5.21. The molecule has 1 heteroatoms. The van der Waals surface area contributed by atoms with Crippen LogP contribution in [0.5, 0.6) is 0 Å². The second kappa shape index (κ2) is 3.52. The maximum Gasteiger partial charge on any atom is 0.0725 e. The minimum absolute atomic E-state index is 0.760. The third kappa shape index (κ3) is 1.55. The first-order valence-corrected chi connectivity index (χ1v) is 5.18. The summed E-state index contributed by atoms with van der Waals surface area (Å²) in [7, 11) is 0. The molecule has 0 fully saturated rings. The fraction of sp³-hybridized carbons (Fsp3) is 0.143. The largest absolute Gasteiger partial charge is 0.372 e. The third-order valence-corrected chi connectivity index (χ3v) is 2.83. The highest BCUT2D eigenvalue weighted by Crippen LogP contribution is 2.26. The van der Waals surface area contributed by atoms with Crippen molar-refractivity contribution in [3.05, 3.63) is 59.7 Å². The van der Waals surface area contributed by atoms with Gasteiger partial charge in [0, 0.05) is 0 Å². The Kier molecular flexibility index (Phi) is 2.04. The first kappa shape index (κ1) is 8.69. The van der Waals surface area contributed by atoms with E-state index in [-0.39, 0.29) is 0 Å². The lowest BCUT2D eigenvalue weighted by Gasteiger charge is -2.03. The molecule has 0 unspecified atom stereocenters. The Balaban J connectivity index is 2.07. The molecule has 0 aliphatic carbocycles. The van der Waals surface area contributed by atoms with Gasteiger partial charge in [-0.05, 0) is 28.3 Å². The van der Waals surface area contributed by atoms with Crippen molar-refractivity contribution >= 4 is 0 Å². The first-order chi connectivity index (χ1) is 7.43. The van der Waals surface area contributed by atoms with Crippen LogP contribution >= 0.6 is 0 Å². The van der Waals surface area contributed by atoms with E-state index in [1.165, 1.54) is 22.3 Å². The van der Waals surface area contributed by atoms with E-state index in [4.69, 9.17) is 4.74 Å². The molecule has 2 aromatic carbocycles. The summed E-state index contributed by atoms with van der Waals surface area (Å²) in [6.45, 7) is 1.53. The quantitative estimate of drug-likeness (QED) is 0.679. The Morgan fingerprint density at radius 1 is 0.733 bits per heavy atom. The highest BCUT2D eigenvalue weighted by molar-refractivity contribution is 5.64. The van der Waals surface area contributed by atoms with E-state index in [0.717, 1.165) is 13.2 Å². The molecule has 1 nitrogen and oxygen atoms in total. The van der Waals surface area contributed by atoms with Gasteiger partial charge in [0.25, 0.3) is 0 Å². The summed E-state index contributed by atoms with van der Waals surface area (Å²) in [5, 5.41) is 0. The van der Waals surface area contributed by atoms with Gasteiger partial charge in [-0.3, -0.25) is 0 Å². The van der Waals surface area contributed by atoms with Crippen LogP contribution in [0.4, 0.5) is 0 Å². The second-order valence-electron chi connectivity index (χ2n) is 3.84. The lowest BCUT2D eigenvalue weighted by molar-refractivity contribution is 0.134. The molecular weight excluding hydrogens is 184 g/mol. The van der Waals surface area contributed by atoms with Gasteiger partial charge in [0.1, 0.15) is 0 Å². The molecule has 0 bridgehead atoms. The lowest BCUT2D eigenvalue weighted by atomic mass is 10.0. The molecule has 1 aliphatic heterocycles. The maximum atomic E-state index is 5.41. The minimum Gasteiger partial charge on any atom is -0.372 e. The van der Waals surface area contributed by atoms with Crippen LogP contribution in [0.1, 0.15) is 11.1 Å². The number of rotatable bonds is 1. The standard InChI is InChI=1S/C14H12O/c1-2-4-11(5-3-1)12-6-7-13-9-15-10-14(13)8-12/h1-8H,9-10H2. The van der Waals surface area contributed by atoms with Crippen molar-refractivity contribution in [1.29, 1.82) is 0 Å². The molecule has 3 rings (SSSR count). The van der Waals surface area contributed by atoms with Crippen molar-refractivity contribution < 1.29 is 4.74 Å². The molecule has 15 heavy (non-hydrogen) atoms. The molecule has 0 spiro atoms. The Bertz CT molecular complexity index is 474. The summed E-state index contributed by atoms with van der Waals surface area (Å²) in [4.78, 5) is 0. The van der Waals surface area contributed by atoms with Gasteiger partial charge in [-0.1, -0.05) is 42.5 Å². The molecule has 1 heterocycles. The van der Waals surface area contributed by atoms with Crippen LogP contribution in [-0.2, 0) is 18.0 Å². The van der Waals surface area contributed by atoms with Gasteiger partial charge in [0.2, 0.25) is 0 Å². The van der Waals surface area contributed by atoms with E-state index in [1.54, 1.807) is 0 Å². The molecule has 0 amide bonds. The molecule has 0 radical (unpaired) electrons. The van der Waals surface area contributed by atoms with Crippen molar-refractivity contribution in [3.63, 3.8) is 0 Å². The van der Waals surface area contributed by atoms with Gasteiger partial charge < -0.3 is 4.74 Å². The topological polar surface area (TPSA) is 9.23 Å². The van der Waals surface area contributed by atoms with E-state index in [2.05, 4.69) is 42.5 Å². The predicted molar refractivity (Wildman–Crippen MR) is 60.4 cm³/mol. The van der Waals surface area contributed by atoms with E-state index >= 15 is 0 Å². The summed E-state index contributed by atoms with van der Waals surface area (Å²) in [6, 6.07) is 17.0. The van der Waals surface area contributed by atoms with Crippen molar-refractivity contribution in [2.75, 3.05) is 0 Å². The monoisotopic (exact) mass is 196 g/mol. The van der Waals surface area contributed by atoms with Crippen LogP contribution in [0, 0.1) is 0 Å². The SMILES string of the molecule is c1ccc(-c2ccc3c(c2)COC3)cc1. The number of hydrogen-bond donors (Lipinski definition) is 0. The smallest absolute Gasteiger partial charge is 0.0725 e. The Morgan fingerprint density at radius 3 is 2.40 bits per heavy atom. The number of hydrogen-bond acceptors (Lipinski definition) is 1. The van der Waals surface area contributed by atoms with Crippen LogP contribution in [0.25, 0.3) is 11.1 Å². The van der Waals surface area contributed by atoms with Gasteiger partial charge in [0.15, 0.2) is 0 Å². The Hall–Kier alpha value is -1.60. The zero-order valence-electron chi connectivity index (χ0n) is 8.44. The normalized spacial score (nSPS) is 13.9. The Morgan fingerprint density at radius 2 is 1.53 bits per heavy atom. The molecule has 0 saturated carbocycles. The van der Waals surface area contributed by atoms with Gasteiger partial charge in [0.05, 0.1) is 13.2 Å². The fourth-order valence-electron chi connectivity index (χ4n) is 1.98. The van der Waals surface area contributed by atoms with Crippen LogP contribution in [0.15, 0.2) is 48.5 Å². The van der Waals surface area contributed by atoms with Crippen LogP contribution in [-0.4, -0.2) is 0 Å². The first-order valence-electron chi connectivity index (χ1n) is 5.18.